The molecule has 0 bridgehead atoms. The van der Waals surface area contributed by atoms with Gasteiger partial charge in [-0.15, -0.1) is 0 Å². The summed E-state index contributed by atoms with van der Waals surface area (Å²) in [4.78, 5) is 39.1. The minimum Gasteiger partial charge on any atom is -0.325 e. The summed E-state index contributed by atoms with van der Waals surface area (Å²) in [5, 5.41) is 0.391. The fraction of sp³-hybridized carbons (Fsp3) is 0.286. The molecular weight excluding hydrogens is 435 g/mol. The van der Waals surface area contributed by atoms with E-state index < -0.39 is 24.7 Å². The number of hydrogen-bond acceptors (Lipinski definition) is 3. The van der Waals surface area contributed by atoms with E-state index in [2.05, 4.69) is 0 Å². The Hall–Kier alpha value is -3.07. The second-order valence-corrected chi connectivity index (χ2v) is 7.95. The monoisotopic (exact) mass is 451 g/mol. The molecule has 4 amide bonds. The largest absolute Gasteiger partial charge is 0.406 e. The van der Waals surface area contributed by atoms with Gasteiger partial charge in [0.15, 0.2) is 0 Å². The van der Waals surface area contributed by atoms with Crippen LogP contribution in [0.1, 0.15) is 21.5 Å². The molecule has 31 heavy (non-hydrogen) atoms. The smallest absolute Gasteiger partial charge is 0.325 e. The van der Waals surface area contributed by atoms with Gasteiger partial charge in [0.1, 0.15) is 13.1 Å². The number of fused-ring (bicyclic) bond motifs is 1. The first kappa shape index (κ1) is 21.2. The normalized spacial score (nSPS) is 16.5. The van der Waals surface area contributed by atoms with Crippen molar-refractivity contribution < 1.29 is 27.6 Å². The van der Waals surface area contributed by atoms with Crippen molar-refractivity contribution in [2.24, 2.45) is 0 Å². The first-order valence-electron chi connectivity index (χ1n) is 9.37. The summed E-state index contributed by atoms with van der Waals surface area (Å²) in [6.07, 6.45) is -4.46. The molecule has 2 aromatic carbocycles. The Bertz CT molecular complexity index is 1100. The highest BCUT2D eigenvalue weighted by atomic mass is 35.5. The SMILES string of the molecule is CN1C(=O)CN(Cc2ccc(-c3ccc4c(c3)CN(CC(F)(F)F)C4=O)cc2Cl)C1=O. The van der Waals surface area contributed by atoms with Crippen LogP contribution in [0.4, 0.5) is 18.0 Å². The molecule has 0 unspecified atom stereocenters. The number of halogens is 4. The lowest BCUT2D eigenvalue weighted by Gasteiger charge is -2.17. The Morgan fingerprint density at radius 2 is 1.65 bits per heavy atom. The highest BCUT2D eigenvalue weighted by molar-refractivity contribution is 6.31. The van der Waals surface area contributed by atoms with Gasteiger partial charge in [-0.25, -0.2) is 4.79 Å². The average Bonchev–Trinajstić information content (AvgIpc) is 3.12. The second kappa shape index (κ2) is 7.56. The van der Waals surface area contributed by atoms with Crippen LogP contribution in [0.3, 0.4) is 0 Å². The molecule has 4 rings (SSSR count). The molecule has 0 N–H and O–H groups in total. The van der Waals surface area contributed by atoms with Crippen molar-refractivity contribution in [3.63, 3.8) is 0 Å². The molecule has 0 aliphatic carbocycles. The first-order chi connectivity index (χ1) is 14.5. The number of carbonyl (C=O) groups excluding carboxylic acids is 3. The van der Waals surface area contributed by atoms with Crippen molar-refractivity contribution >= 4 is 29.4 Å². The standard InChI is InChI=1S/C21H17ClF3N3O3/c1-26-18(29)10-27(20(26)31)8-14-3-2-13(7-17(14)22)12-4-5-16-15(6-12)9-28(19(16)30)11-21(23,24)25/h2-7H,8-11H2,1H3. The summed E-state index contributed by atoms with van der Waals surface area (Å²) >= 11 is 6.39. The van der Waals surface area contributed by atoms with E-state index in [1.807, 2.05) is 0 Å². The third kappa shape index (κ3) is 4.10. The third-order valence-electron chi connectivity index (χ3n) is 5.36. The zero-order chi connectivity index (χ0) is 22.5. The maximum atomic E-state index is 12.7. The van der Waals surface area contributed by atoms with Crippen LogP contribution in [-0.2, 0) is 17.9 Å². The van der Waals surface area contributed by atoms with Gasteiger partial charge in [-0.1, -0.05) is 29.8 Å². The summed E-state index contributed by atoms with van der Waals surface area (Å²) < 4.78 is 38.1. The van der Waals surface area contributed by atoms with Crippen LogP contribution in [0.2, 0.25) is 5.02 Å². The van der Waals surface area contributed by atoms with Gasteiger partial charge in [0.25, 0.3) is 5.91 Å². The van der Waals surface area contributed by atoms with Gasteiger partial charge >= 0.3 is 12.2 Å². The summed E-state index contributed by atoms with van der Waals surface area (Å²) in [5.74, 6) is -0.924. The molecule has 2 aliphatic rings. The zero-order valence-corrected chi connectivity index (χ0v) is 17.1. The van der Waals surface area contributed by atoms with E-state index in [0.29, 0.717) is 21.7 Å². The number of urea groups is 1. The van der Waals surface area contributed by atoms with Crippen LogP contribution in [0.5, 0.6) is 0 Å². The summed E-state index contributed by atoms with van der Waals surface area (Å²) in [6.45, 7) is -1.23. The number of nitrogens with zero attached hydrogens (tertiary/aromatic N) is 3. The van der Waals surface area contributed by atoms with Crippen LogP contribution in [0.25, 0.3) is 11.1 Å². The lowest BCUT2D eigenvalue weighted by atomic mass is 9.99. The predicted molar refractivity (Wildman–Crippen MR) is 106 cm³/mol. The van der Waals surface area contributed by atoms with Crippen LogP contribution < -0.4 is 0 Å². The molecule has 10 heteroatoms. The number of hydrogen-bond donors (Lipinski definition) is 0. The van der Waals surface area contributed by atoms with E-state index in [-0.39, 0.29) is 31.1 Å². The molecule has 162 valence electrons. The Morgan fingerprint density at radius 3 is 2.26 bits per heavy atom. The van der Waals surface area contributed by atoms with E-state index in [0.717, 1.165) is 15.4 Å². The van der Waals surface area contributed by atoms with E-state index in [1.165, 1.54) is 18.0 Å². The van der Waals surface area contributed by atoms with E-state index >= 15 is 0 Å². The fourth-order valence-electron chi connectivity index (χ4n) is 3.74. The minimum atomic E-state index is -4.46. The molecule has 2 heterocycles. The van der Waals surface area contributed by atoms with Gasteiger partial charge < -0.3 is 9.80 Å². The predicted octanol–water partition coefficient (Wildman–Crippen LogP) is 3.92. The summed E-state index contributed by atoms with van der Waals surface area (Å²) in [6, 6.07) is 9.69. The van der Waals surface area contributed by atoms with Crippen LogP contribution in [0, 0.1) is 0 Å². The molecule has 0 spiro atoms. The molecule has 2 aliphatic heterocycles. The molecule has 0 atom stereocenters. The van der Waals surface area contributed by atoms with Crippen molar-refractivity contribution in [2.45, 2.75) is 19.3 Å². The van der Waals surface area contributed by atoms with Gasteiger partial charge in [-0.2, -0.15) is 13.2 Å². The maximum absolute atomic E-state index is 12.7. The van der Waals surface area contributed by atoms with Crippen LogP contribution in [0.15, 0.2) is 36.4 Å². The molecule has 0 aromatic heterocycles. The fourth-order valence-corrected chi connectivity index (χ4v) is 3.98. The molecule has 6 nitrogen and oxygen atoms in total. The number of rotatable bonds is 4. The third-order valence-corrected chi connectivity index (χ3v) is 5.71. The van der Waals surface area contributed by atoms with Crippen molar-refractivity contribution in [2.75, 3.05) is 20.1 Å². The van der Waals surface area contributed by atoms with Crippen molar-refractivity contribution in [3.8, 4) is 11.1 Å². The highest BCUT2D eigenvalue weighted by Gasteiger charge is 2.37. The van der Waals surface area contributed by atoms with E-state index in [9.17, 15) is 27.6 Å². The number of carbonyl (C=O) groups is 3. The number of likely N-dealkylation sites (N-methyl/N-ethyl adjacent to an activating group) is 1. The molecule has 0 radical (unpaired) electrons. The van der Waals surface area contributed by atoms with Crippen molar-refractivity contribution in [1.29, 1.82) is 0 Å². The Balaban J connectivity index is 1.54. The number of benzene rings is 2. The molecule has 2 aromatic rings. The quantitative estimate of drug-likeness (QED) is 0.662. The zero-order valence-electron chi connectivity index (χ0n) is 16.4. The molecule has 0 saturated carbocycles. The van der Waals surface area contributed by atoms with E-state index in [1.54, 1.807) is 30.3 Å². The second-order valence-electron chi connectivity index (χ2n) is 7.55. The summed E-state index contributed by atoms with van der Waals surface area (Å²) in [7, 11) is 1.42. The Kier molecular flexibility index (Phi) is 5.17. The Morgan fingerprint density at radius 1 is 0.968 bits per heavy atom. The lowest BCUT2D eigenvalue weighted by molar-refractivity contribution is -0.141. The van der Waals surface area contributed by atoms with Crippen molar-refractivity contribution in [1.82, 2.24) is 14.7 Å². The van der Waals surface area contributed by atoms with Crippen LogP contribution >= 0.6 is 11.6 Å². The molecule has 1 fully saturated rings. The number of alkyl halides is 3. The minimum absolute atomic E-state index is 0.0132. The van der Waals surface area contributed by atoms with Gasteiger partial charge in [-0.05, 0) is 40.5 Å². The van der Waals surface area contributed by atoms with Gasteiger partial charge in [0.2, 0.25) is 5.91 Å². The van der Waals surface area contributed by atoms with E-state index in [4.69, 9.17) is 11.6 Å². The number of imide groups is 1. The summed E-state index contributed by atoms with van der Waals surface area (Å²) in [5.41, 5.74) is 2.88. The number of amides is 4. The first-order valence-corrected chi connectivity index (χ1v) is 9.74. The van der Waals surface area contributed by atoms with Gasteiger partial charge in [-0.3, -0.25) is 14.5 Å². The highest BCUT2D eigenvalue weighted by Crippen LogP contribution is 2.32. The van der Waals surface area contributed by atoms with Crippen molar-refractivity contribution in [3.05, 3.63) is 58.1 Å². The lowest BCUT2D eigenvalue weighted by Crippen LogP contribution is -2.34. The van der Waals surface area contributed by atoms with Gasteiger partial charge in [0, 0.05) is 30.7 Å². The molecular formula is C21H17ClF3N3O3. The topological polar surface area (TPSA) is 60.9 Å². The van der Waals surface area contributed by atoms with Crippen LogP contribution in [-0.4, -0.2) is 58.9 Å². The molecule has 1 saturated heterocycles. The van der Waals surface area contributed by atoms with Gasteiger partial charge in [0.05, 0.1) is 0 Å². The maximum Gasteiger partial charge on any atom is 0.406 e. The Labute approximate surface area is 180 Å². The average molecular weight is 452 g/mol.